The van der Waals surface area contributed by atoms with Crippen LogP contribution in [0.2, 0.25) is 0 Å². The van der Waals surface area contributed by atoms with E-state index in [4.69, 9.17) is 4.74 Å². The second-order valence-electron chi connectivity index (χ2n) is 6.56. The smallest absolute Gasteiger partial charge is 0.286 e. The third kappa shape index (κ3) is 5.87. The molecule has 3 rings (SSSR count). The topological polar surface area (TPSA) is 93.2 Å². The van der Waals surface area contributed by atoms with E-state index in [1.807, 2.05) is 31.2 Å². The van der Waals surface area contributed by atoms with Crippen LogP contribution in [-0.2, 0) is 13.0 Å². The van der Waals surface area contributed by atoms with E-state index in [1.165, 1.54) is 11.3 Å². The largest absolute Gasteiger partial charge is 0.494 e. The average molecular weight is 425 g/mol. The molecule has 30 heavy (non-hydrogen) atoms. The summed E-state index contributed by atoms with van der Waals surface area (Å²) in [4.78, 5) is 24.6. The first-order valence-electron chi connectivity index (χ1n) is 9.82. The van der Waals surface area contributed by atoms with Crippen molar-refractivity contribution >= 4 is 28.8 Å². The Morgan fingerprint density at radius 1 is 0.967 bits per heavy atom. The molecule has 3 aromatic rings. The van der Waals surface area contributed by atoms with Gasteiger partial charge in [0.15, 0.2) is 0 Å². The van der Waals surface area contributed by atoms with Gasteiger partial charge in [0.25, 0.3) is 11.8 Å². The summed E-state index contributed by atoms with van der Waals surface area (Å²) >= 11 is 1.27. The summed E-state index contributed by atoms with van der Waals surface area (Å²) in [7, 11) is 0. The van der Waals surface area contributed by atoms with Crippen molar-refractivity contribution in [2.75, 3.05) is 11.9 Å². The second kappa shape index (κ2) is 10.5. The first-order chi connectivity index (χ1) is 14.6. The molecule has 2 N–H and O–H groups in total. The SMILES string of the molecule is CCCOc1ccc(CNC(=O)c2ccc(NC(=O)c3nnc(CC)s3)cc2)cc1. The zero-order valence-corrected chi connectivity index (χ0v) is 17.8. The molecule has 0 aliphatic rings. The molecule has 1 aromatic heterocycles. The number of anilines is 1. The van der Waals surface area contributed by atoms with Gasteiger partial charge in [0.2, 0.25) is 5.01 Å². The van der Waals surface area contributed by atoms with E-state index in [0.29, 0.717) is 29.4 Å². The number of hydrogen-bond acceptors (Lipinski definition) is 6. The van der Waals surface area contributed by atoms with E-state index in [1.54, 1.807) is 24.3 Å². The molecule has 0 aliphatic carbocycles. The number of hydrogen-bond donors (Lipinski definition) is 2. The van der Waals surface area contributed by atoms with Gasteiger partial charge in [0, 0.05) is 17.8 Å². The predicted octanol–water partition coefficient (Wildman–Crippen LogP) is 4.07. The van der Waals surface area contributed by atoms with E-state index in [2.05, 4.69) is 27.8 Å². The molecular weight excluding hydrogens is 400 g/mol. The maximum absolute atomic E-state index is 12.4. The fourth-order valence-corrected chi connectivity index (χ4v) is 3.26. The van der Waals surface area contributed by atoms with E-state index in [0.717, 1.165) is 29.2 Å². The summed E-state index contributed by atoms with van der Waals surface area (Å²) in [5, 5.41) is 14.6. The Kier molecular flexibility index (Phi) is 7.51. The number of carbonyl (C=O) groups excluding carboxylic acids is 2. The minimum atomic E-state index is -0.309. The number of benzene rings is 2. The molecule has 2 aromatic carbocycles. The normalized spacial score (nSPS) is 10.5. The van der Waals surface area contributed by atoms with Crippen molar-refractivity contribution in [3.63, 3.8) is 0 Å². The van der Waals surface area contributed by atoms with Crippen LogP contribution in [0.5, 0.6) is 5.75 Å². The van der Waals surface area contributed by atoms with Gasteiger partial charge in [-0.05, 0) is 54.8 Å². The quantitative estimate of drug-likeness (QED) is 0.540. The summed E-state index contributed by atoms with van der Waals surface area (Å²) in [5.41, 5.74) is 2.09. The number of rotatable bonds is 9. The Morgan fingerprint density at radius 2 is 1.70 bits per heavy atom. The lowest BCUT2D eigenvalue weighted by atomic mass is 10.1. The number of ether oxygens (including phenoxy) is 1. The number of nitrogens with zero attached hydrogens (tertiary/aromatic N) is 2. The summed E-state index contributed by atoms with van der Waals surface area (Å²) in [5.74, 6) is 0.329. The van der Waals surface area contributed by atoms with Crippen molar-refractivity contribution in [3.8, 4) is 5.75 Å². The average Bonchev–Trinajstić information content (AvgIpc) is 3.27. The zero-order chi connectivity index (χ0) is 21.3. The van der Waals surface area contributed by atoms with Gasteiger partial charge in [-0.2, -0.15) is 0 Å². The molecule has 0 spiro atoms. The van der Waals surface area contributed by atoms with Crippen LogP contribution >= 0.6 is 11.3 Å². The maximum Gasteiger partial charge on any atom is 0.286 e. The molecule has 0 atom stereocenters. The number of carbonyl (C=O) groups is 2. The molecule has 0 fully saturated rings. The lowest BCUT2D eigenvalue weighted by Gasteiger charge is -2.08. The summed E-state index contributed by atoms with van der Waals surface area (Å²) in [6.45, 7) is 5.13. The maximum atomic E-state index is 12.4. The van der Waals surface area contributed by atoms with Gasteiger partial charge in [-0.1, -0.05) is 37.3 Å². The van der Waals surface area contributed by atoms with Crippen LogP contribution in [0.15, 0.2) is 48.5 Å². The molecule has 0 unspecified atom stereocenters. The van der Waals surface area contributed by atoms with E-state index < -0.39 is 0 Å². The van der Waals surface area contributed by atoms with Crippen LogP contribution in [0.3, 0.4) is 0 Å². The molecule has 1 heterocycles. The molecule has 7 nitrogen and oxygen atoms in total. The molecule has 156 valence electrons. The summed E-state index contributed by atoms with van der Waals surface area (Å²) < 4.78 is 5.55. The molecule has 0 radical (unpaired) electrons. The number of aromatic nitrogens is 2. The van der Waals surface area contributed by atoms with Gasteiger partial charge in [-0.3, -0.25) is 9.59 Å². The Labute approximate surface area is 179 Å². The van der Waals surface area contributed by atoms with Gasteiger partial charge in [0.05, 0.1) is 6.61 Å². The number of amides is 2. The Morgan fingerprint density at radius 3 is 2.33 bits per heavy atom. The van der Waals surface area contributed by atoms with Gasteiger partial charge in [-0.25, -0.2) is 0 Å². The van der Waals surface area contributed by atoms with Crippen molar-refractivity contribution < 1.29 is 14.3 Å². The Hall–Kier alpha value is -3.26. The highest BCUT2D eigenvalue weighted by Gasteiger charge is 2.13. The van der Waals surface area contributed by atoms with Crippen LogP contribution in [0.25, 0.3) is 0 Å². The monoisotopic (exact) mass is 424 g/mol. The highest BCUT2D eigenvalue weighted by atomic mass is 32.1. The van der Waals surface area contributed by atoms with Gasteiger partial charge >= 0.3 is 0 Å². The Bertz CT molecular complexity index is 984. The van der Waals surface area contributed by atoms with E-state index in [-0.39, 0.29) is 11.8 Å². The lowest BCUT2D eigenvalue weighted by molar-refractivity contribution is 0.0950. The van der Waals surface area contributed by atoms with Crippen LogP contribution in [0.4, 0.5) is 5.69 Å². The molecule has 0 aliphatic heterocycles. The van der Waals surface area contributed by atoms with Crippen LogP contribution < -0.4 is 15.4 Å². The first kappa shape index (κ1) is 21.4. The van der Waals surface area contributed by atoms with Crippen molar-refractivity contribution in [2.45, 2.75) is 33.2 Å². The minimum absolute atomic E-state index is 0.184. The third-order valence-corrected chi connectivity index (χ3v) is 5.28. The van der Waals surface area contributed by atoms with Gasteiger partial charge < -0.3 is 15.4 Å². The Balaban J connectivity index is 1.51. The predicted molar refractivity (Wildman–Crippen MR) is 117 cm³/mol. The fourth-order valence-electron chi connectivity index (χ4n) is 2.59. The van der Waals surface area contributed by atoms with Crippen LogP contribution in [-0.4, -0.2) is 28.6 Å². The fraction of sp³-hybridized carbons (Fsp3) is 0.273. The number of nitrogens with one attached hydrogen (secondary N) is 2. The highest BCUT2D eigenvalue weighted by Crippen LogP contribution is 2.15. The second-order valence-corrected chi connectivity index (χ2v) is 7.62. The third-order valence-electron chi connectivity index (χ3n) is 4.22. The molecule has 0 bridgehead atoms. The minimum Gasteiger partial charge on any atom is -0.494 e. The van der Waals surface area contributed by atoms with Crippen molar-refractivity contribution in [1.82, 2.24) is 15.5 Å². The summed E-state index contributed by atoms with van der Waals surface area (Å²) in [6, 6.07) is 14.4. The molecule has 0 saturated carbocycles. The van der Waals surface area contributed by atoms with E-state index >= 15 is 0 Å². The van der Waals surface area contributed by atoms with Gasteiger partial charge in [0.1, 0.15) is 10.8 Å². The standard InChI is InChI=1S/C22H24N4O3S/c1-3-13-29-18-11-5-15(6-12-18)14-23-20(27)16-7-9-17(10-8-16)24-21(28)22-26-25-19(4-2)30-22/h5-12H,3-4,13-14H2,1-2H3,(H,23,27)(H,24,28). The van der Waals surface area contributed by atoms with Crippen LogP contribution in [0, 0.1) is 0 Å². The highest BCUT2D eigenvalue weighted by molar-refractivity contribution is 7.13. The zero-order valence-electron chi connectivity index (χ0n) is 17.0. The lowest BCUT2D eigenvalue weighted by Crippen LogP contribution is -2.22. The van der Waals surface area contributed by atoms with Crippen LogP contribution in [0.1, 0.15) is 51.0 Å². The molecule has 8 heteroatoms. The molecule has 2 amide bonds. The van der Waals surface area contributed by atoms with Crippen molar-refractivity contribution in [1.29, 1.82) is 0 Å². The van der Waals surface area contributed by atoms with Crippen molar-refractivity contribution in [3.05, 3.63) is 69.7 Å². The van der Waals surface area contributed by atoms with Gasteiger partial charge in [-0.15, -0.1) is 10.2 Å². The summed E-state index contributed by atoms with van der Waals surface area (Å²) in [6.07, 6.45) is 1.70. The number of aryl methyl sites for hydroxylation is 1. The van der Waals surface area contributed by atoms with Crippen molar-refractivity contribution in [2.24, 2.45) is 0 Å². The van der Waals surface area contributed by atoms with E-state index in [9.17, 15) is 9.59 Å². The molecule has 0 saturated heterocycles. The first-order valence-corrected chi connectivity index (χ1v) is 10.6. The molecular formula is C22H24N4O3S.